The summed E-state index contributed by atoms with van der Waals surface area (Å²) in [5.74, 6) is -0.811. The van der Waals surface area contributed by atoms with Crippen molar-refractivity contribution in [1.29, 1.82) is 0 Å². The lowest BCUT2D eigenvalue weighted by molar-refractivity contribution is -0.136. The van der Waals surface area contributed by atoms with Crippen LogP contribution in [-0.2, 0) is 9.53 Å². The van der Waals surface area contributed by atoms with Gasteiger partial charge in [0.1, 0.15) is 5.82 Å². The fourth-order valence-electron chi connectivity index (χ4n) is 2.19. The topological polar surface area (TPSA) is 50.4 Å². The molecule has 1 aliphatic rings. The van der Waals surface area contributed by atoms with Gasteiger partial charge in [-0.15, -0.1) is 0 Å². The zero-order valence-electron chi connectivity index (χ0n) is 11.5. The molecule has 21 heavy (non-hydrogen) atoms. The highest BCUT2D eigenvalue weighted by molar-refractivity contribution is 9.10. The molecular weight excluding hydrogens is 359 g/mol. The van der Waals surface area contributed by atoms with Crippen molar-refractivity contribution in [2.24, 2.45) is 0 Å². The molecule has 7 heteroatoms. The van der Waals surface area contributed by atoms with Crippen LogP contribution in [0.5, 0.6) is 0 Å². The average Bonchev–Trinajstić information content (AvgIpc) is 2.48. The number of carbonyl (C=O) groups is 1. The molecule has 1 aromatic carbocycles. The van der Waals surface area contributed by atoms with Crippen molar-refractivity contribution in [3.05, 3.63) is 45.3 Å². The van der Waals surface area contributed by atoms with Crippen LogP contribution in [0.1, 0.15) is 24.9 Å². The molecule has 0 spiro atoms. The van der Waals surface area contributed by atoms with Crippen molar-refractivity contribution in [3.8, 4) is 0 Å². The highest BCUT2D eigenvalue weighted by atomic mass is 79.9. The van der Waals surface area contributed by atoms with Crippen LogP contribution in [0.4, 0.5) is 4.39 Å². The Bertz CT molecular complexity index is 633. The average molecular weight is 373 g/mol. The molecule has 0 unspecified atom stereocenters. The van der Waals surface area contributed by atoms with Crippen molar-refractivity contribution in [1.82, 2.24) is 10.6 Å². The molecule has 2 N–H and O–H groups in total. The van der Waals surface area contributed by atoms with Crippen LogP contribution < -0.4 is 10.6 Å². The van der Waals surface area contributed by atoms with Gasteiger partial charge in [0.2, 0.25) is 0 Å². The molecule has 0 aliphatic carbocycles. The number of nitrogens with one attached hydrogen (secondary N) is 2. The Morgan fingerprint density at radius 2 is 2.24 bits per heavy atom. The molecule has 1 aromatic rings. The Labute approximate surface area is 135 Å². The van der Waals surface area contributed by atoms with Gasteiger partial charge in [-0.05, 0) is 52.3 Å². The first-order chi connectivity index (χ1) is 9.97. The molecule has 1 aliphatic heterocycles. The molecule has 0 bridgehead atoms. The predicted octanol–water partition coefficient (Wildman–Crippen LogP) is 2.94. The van der Waals surface area contributed by atoms with Crippen molar-refractivity contribution in [2.45, 2.75) is 19.4 Å². The molecule has 2 rings (SSSR count). The van der Waals surface area contributed by atoms with Gasteiger partial charge in [0, 0.05) is 5.70 Å². The lowest BCUT2D eigenvalue weighted by Gasteiger charge is -2.30. The second-order valence-corrected chi connectivity index (χ2v) is 5.70. The number of carbonyl (C=O) groups excluding carboxylic acids is 1. The van der Waals surface area contributed by atoms with Crippen molar-refractivity contribution in [3.63, 3.8) is 0 Å². The third kappa shape index (κ3) is 3.24. The van der Waals surface area contributed by atoms with Gasteiger partial charge >= 0.3 is 5.97 Å². The summed E-state index contributed by atoms with van der Waals surface area (Å²) >= 11 is 8.32. The largest absolute Gasteiger partial charge is 0.466 e. The van der Waals surface area contributed by atoms with Crippen LogP contribution in [0.15, 0.2) is 33.9 Å². The normalized spacial score (nSPS) is 18.1. The number of benzene rings is 1. The van der Waals surface area contributed by atoms with Gasteiger partial charge in [-0.1, -0.05) is 13.0 Å². The fraction of sp³-hybridized carbons (Fsp3) is 0.286. The van der Waals surface area contributed by atoms with Crippen molar-refractivity contribution >= 4 is 39.2 Å². The van der Waals surface area contributed by atoms with E-state index in [1.165, 1.54) is 13.2 Å². The van der Waals surface area contributed by atoms with Crippen molar-refractivity contribution < 1.29 is 13.9 Å². The molecule has 1 atom stereocenters. The lowest BCUT2D eigenvalue weighted by Crippen LogP contribution is -2.45. The Kier molecular flexibility index (Phi) is 4.95. The Hall–Kier alpha value is -1.47. The monoisotopic (exact) mass is 372 g/mol. The molecule has 0 amide bonds. The fourth-order valence-corrected chi connectivity index (χ4v) is 2.83. The Morgan fingerprint density at radius 1 is 1.52 bits per heavy atom. The van der Waals surface area contributed by atoms with Gasteiger partial charge in [0.25, 0.3) is 0 Å². The number of allylic oxidation sites excluding steroid dienone is 1. The minimum Gasteiger partial charge on any atom is -0.466 e. The van der Waals surface area contributed by atoms with Crippen molar-refractivity contribution in [2.75, 3.05) is 7.11 Å². The number of hydrogen-bond acceptors (Lipinski definition) is 3. The number of esters is 1. The third-order valence-electron chi connectivity index (χ3n) is 3.19. The summed E-state index contributed by atoms with van der Waals surface area (Å²) in [4.78, 5) is 12.1. The van der Waals surface area contributed by atoms with Crippen LogP contribution in [0.3, 0.4) is 0 Å². The maximum atomic E-state index is 13.4. The number of hydrogen-bond donors (Lipinski definition) is 2. The van der Waals surface area contributed by atoms with Crippen LogP contribution in [-0.4, -0.2) is 18.2 Å². The molecule has 0 radical (unpaired) electrons. The molecule has 0 fully saturated rings. The highest BCUT2D eigenvalue weighted by Gasteiger charge is 2.31. The summed E-state index contributed by atoms with van der Waals surface area (Å²) in [7, 11) is 1.33. The first-order valence-electron chi connectivity index (χ1n) is 6.31. The summed E-state index contributed by atoms with van der Waals surface area (Å²) in [5.41, 5.74) is 1.88. The second kappa shape index (κ2) is 6.53. The van der Waals surface area contributed by atoms with Gasteiger partial charge in [0.05, 0.1) is 23.2 Å². The number of halogens is 2. The number of rotatable bonds is 3. The smallest absolute Gasteiger partial charge is 0.337 e. The van der Waals surface area contributed by atoms with E-state index in [2.05, 4.69) is 26.6 Å². The molecule has 0 saturated carbocycles. The standard InChI is InChI=1S/C14H14BrFN2O2S/c1-3-10-11(13(19)20-2)12(18-14(21)17-10)7-4-5-9(16)8(15)6-7/h4-6,12H,3H2,1-2H3,(H2,17,18,21)/t12-/m1/s1. The number of thiocarbonyl (C=S) groups is 1. The van der Waals surface area contributed by atoms with E-state index in [0.29, 0.717) is 27.3 Å². The maximum Gasteiger partial charge on any atom is 0.337 e. The lowest BCUT2D eigenvalue weighted by atomic mass is 9.94. The summed E-state index contributed by atoms with van der Waals surface area (Å²) in [6, 6.07) is 4.10. The van der Waals surface area contributed by atoms with E-state index < -0.39 is 12.0 Å². The van der Waals surface area contributed by atoms with E-state index in [9.17, 15) is 9.18 Å². The van der Waals surface area contributed by atoms with E-state index in [4.69, 9.17) is 17.0 Å². The first-order valence-corrected chi connectivity index (χ1v) is 7.51. The molecule has 0 saturated heterocycles. The highest BCUT2D eigenvalue weighted by Crippen LogP contribution is 2.30. The van der Waals surface area contributed by atoms with Gasteiger partial charge < -0.3 is 15.4 Å². The Morgan fingerprint density at radius 3 is 2.81 bits per heavy atom. The zero-order valence-corrected chi connectivity index (χ0v) is 13.9. The minimum absolute atomic E-state index is 0.327. The first kappa shape index (κ1) is 15.9. The molecular formula is C14H14BrFN2O2S. The van der Waals surface area contributed by atoms with Crippen LogP contribution in [0.2, 0.25) is 0 Å². The summed E-state index contributed by atoms with van der Waals surface area (Å²) < 4.78 is 18.6. The van der Waals surface area contributed by atoms with Crippen LogP contribution in [0.25, 0.3) is 0 Å². The van der Waals surface area contributed by atoms with Gasteiger partial charge in [-0.2, -0.15) is 0 Å². The van der Waals surface area contributed by atoms with E-state index in [1.54, 1.807) is 12.1 Å². The molecule has 112 valence electrons. The summed E-state index contributed by atoms with van der Waals surface area (Å²) in [6.07, 6.45) is 0.602. The maximum absolute atomic E-state index is 13.4. The third-order valence-corrected chi connectivity index (χ3v) is 4.02. The molecule has 0 aromatic heterocycles. The van der Waals surface area contributed by atoms with E-state index in [0.717, 1.165) is 5.56 Å². The SMILES string of the molecule is CCC1=C(C(=O)OC)[C@@H](c2ccc(F)c(Br)c2)NC(=S)N1. The number of methoxy groups -OCH3 is 1. The molecule has 1 heterocycles. The Balaban J connectivity index is 2.54. The van der Waals surface area contributed by atoms with Gasteiger partial charge in [0.15, 0.2) is 5.11 Å². The molecule has 4 nitrogen and oxygen atoms in total. The van der Waals surface area contributed by atoms with E-state index >= 15 is 0 Å². The van der Waals surface area contributed by atoms with E-state index in [1.807, 2.05) is 6.92 Å². The predicted molar refractivity (Wildman–Crippen MR) is 85.0 cm³/mol. The number of ether oxygens (including phenoxy) is 1. The van der Waals surface area contributed by atoms with Gasteiger partial charge in [-0.25, -0.2) is 9.18 Å². The summed E-state index contributed by atoms with van der Waals surface area (Å²) in [6.45, 7) is 1.91. The summed E-state index contributed by atoms with van der Waals surface area (Å²) in [5, 5.41) is 6.42. The van der Waals surface area contributed by atoms with Gasteiger partial charge in [-0.3, -0.25) is 0 Å². The minimum atomic E-state index is -0.474. The zero-order chi connectivity index (χ0) is 15.6. The van der Waals surface area contributed by atoms with Crippen LogP contribution in [0, 0.1) is 5.82 Å². The second-order valence-electron chi connectivity index (χ2n) is 4.44. The van der Waals surface area contributed by atoms with Crippen LogP contribution >= 0.6 is 28.1 Å². The quantitative estimate of drug-likeness (QED) is 0.630. The van der Waals surface area contributed by atoms with E-state index in [-0.39, 0.29) is 5.82 Å².